The lowest BCUT2D eigenvalue weighted by Gasteiger charge is -2.16. The maximum atomic E-state index is 11.4. The van der Waals surface area contributed by atoms with Crippen LogP contribution >= 0.6 is 15.9 Å². The molecule has 0 aliphatic heterocycles. The van der Waals surface area contributed by atoms with E-state index in [-0.39, 0.29) is 0 Å². The summed E-state index contributed by atoms with van der Waals surface area (Å²) in [6.07, 6.45) is -1.17. The molecule has 2 aromatic carbocycles. The van der Waals surface area contributed by atoms with Crippen molar-refractivity contribution in [1.82, 2.24) is 0 Å². The SMILES string of the molecule is NC(=O)Nc1ccc(C(Oc2ccccc2)C(=O)O)cc1Br. The number of anilines is 1. The summed E-state index contributed by atoms with van der Waals surface area (Å²) in [5.41, 5.74) is 5.93. The lowest BCUT2D eigenvalue weighted by Crippen LogP contribution is -2.20. The number of halogens is 1. The number of urea groups is 1. The summed E-state index contributed by atoms with van der Waals surface area (Å²) in [6.45, 7) is 0. The number of aliphatic carboxylic acids is 1. The highest BCUT2D eigenvalue weighted by atomic mass is 79.9. The van der Waals surface area contributed by atoms with Crippen LogP contribution in [0.25, 0.3) is 0 Å². The minimum Gasteiger partial charge on any atom is -0.478 e. The zero-order valence-corrected chi connectivity index (χ0v) is 12.9. The Kier molecular flexibility index (Phi) is 5.00. The normalized spacial score (nSPS) is 11.5. The van der Waals surface area contributed by atoms with Gasteiger partial charge in [-0.25, -0.2) is 9.59 Å². The Morgan fingerprint density at radius 3 is 2.41 bits per heavy atom. The van der Waals surface area contributed by atoms with Crippen molar-refractivity contribution in [3.8, 4) is 5.75 Å². The van der Waals surface area contributed by atoms with Crippen LogP contribution in [0.2, 0.25) is 0 Å². The van der Waals surface area contributed by atoms with Crippen LogP contribution in [0.15, 0.2) is 53.0 Å². The van der Waals surface area contributed by atoms with Gasteiger partial charge in [-0.1, -0.05) is 24.3 Å². The first-order chi connectivity index (χ1) is 10.5. The van der Waals surface area contributed by atoms with Crippen LogP contribution < -0.4 is 15.8 Å². The second-order valence-electron chi connectivity index (χ2n) is 4.38. The molecule has 4 N–H and O–H groups in total. The number of nitrogens with one attached hydrogen (secondary N) is 1. The number of primary amides is 1. The predicted molar refractivity (Wildman–Crippen MR) is 84.8 cm³/mol. The van der Waals surface area contributed by atoms with E-state index >= 15 is 0 Å². The molecular formula is C15H13BrN2O4. The maximum absolute atomic E-state index is 11.4. The molecule has 0 aliphatic carbocycles. The summed E-state index contributed by atoms with van der Waals surface area (Å²) in [7, 11) is 0. The van der Waals surface area contributed by atoms with Crippen LogP contribution in [0.5, 0.6) is 5.75 Å². The molecule has 0 aliphatic rings. The zero-order chi connectivity index (χ0) is 16.1. The third-order valence-electron chi connectivity index (χ3n) is 2.78. The first-order valence-electron chi connectivity index (χ1n) is 6.28. The monoisotopic (exact) mass is 364 g/mol. The highest BCUT2D eigenvalue weighted by molar-refractivity contribution is 9.10. The smallest absolute Gasteiger partial charge is 0.349 e. The third-order valence-corrected chi connectivity index (χ3v) is 3.43. The Morgan fingerprint density at radius 1 is 1.18 bits per heavy atom. The first-order valence-corrected chi connectivity index (χ1v) is 7.07. The van der Waals surface area contributed by atoms with E-state index < -0.39 is 18.1 Å². The topological polar surface area (TPSA) is 102 Å². The Balaban J connectivity index is 2.27. The highest BCUT2D eigenvalue weighted by Gasteiger charge is 2.22. The van der Waals surface area contributed by atoms with Gasteiger partial charge in [0.05, 0.1) is 5.69 Å². The van der Waals surface area contributed by atoms with Crippen molar-refractivity contribution in [2.45, 2.75) is 6.10 Å². The fourth-order valence-corrected chi connectivity index (χ4v) is 2.32. The number of hydrogen-bond donors (Lipinski definition) is 3. The number of carboxylic acids is 1. The Hall–Kier alpha value is -2.54. The molecule has 0 spiro atoms. The van der Waals surface area contributed by atoms with Crippen molar-refractivity contribution in [3.05, 3.63) is 58.6 Å². The van der Waals surface area contributed by atoms with Crippen LogP contribution in [0.1, 0.15) is 11.7 Å². The molecule has 0 saturated carbocycles. The van der Waals surface area contributed by atoms with E-state index in [0.717, 1.165) is 0 Å². The molecular weight excluding hydrogens is 352 g/mol. The van der Waals surface area contributed by atoms with Gasteiger partial charge in [0.1, 0.15) is 5.75 Å². The second-order valence-corrected chi connectivity index (χ2v) is 5.23. The summed E-state index contributed by atoms with van der Waals surface area (Å²) in [6, 6.07) is 12.6. The standard InChI is InChI=1S/C15H13BrN2O4/c16-11-8-9(6-7-12(11)18-15(17)21)13(14(19)20)22-10-4-2-1-3-5-10/h1-8,13H,(H,19,20)(H3,17,18,21). The van der Waals surface area contributed by atoms with Gasteiger partial charge in [-0.3, -0.25) is 0 Å². The Labute approximate surface area is 135 Å². The molecule has 7 heteroatoms. The lowest BCUT2D eigenvalue weighted by atomic mass is 10.1. The quantitative estimate of drug-likeness (QED) is 0.758. The summed E-state index contributed by atoms with van der Waals surface area (Å²) in [4.78, 5) is 22.3. The van der Waals surface area contributed by atoms with Crippen LogP contribution in [0.4, 0.5) is 10.5 Å². The number of para-hydroxylation sites is 1. The fraction of sp³-hybridized carbons (Fsp3) is 0.0667. The summed E-state index contributed by atoms with van der Waals surface area (Å²) in [5.74, 6) is -0.670. The molecule has 114 valence electrons. The van der Waals surface area contributed by atoms with E-state index in [1.165, 1.54) is 0 Å². The van der Waals surface area contributed by atoms with Crippen molar-refractivity contribution in [2.24, 2.45) is 5.73 Å². The van der Waals surface area contributed by atoms with Crippen LogP contribution in [0, 0.1) is 0 Å². The maximum Gasteiger partial charge on any atom is 0.349 e. The largest absolute Gasteiger partial charge is 0.478 e. The molecule has 0 aromatic heterocycles. The molecule has 0 bridgehead atoms. The van der Waals surface area contributed by atoms with Crippen molar-refractivity contribution in [2.75, 3.05) is 5.32 Å². The number of benzene rings is 2. The third kappa shape index (κ3) is 3.98. The highest BCUT2D eigenvalue weighted by Crippen LogP contribution is 2.29. The van der Waals surface area contributed by atoms with Gasteiger partial charge in [0.15, 0.2) is 0 Å². The number of carboxylic acid groups (broad SMARTS) is 1. The number of nitrogens with two attached hydrogens (primary N) is 1. The second kappa shape index (κ2) is 6.95. The van der Waals surface area contributed by atoms with Gasteiger partial charge in [0.25, 0.3) is 0 Å². The number of amides is 2. The molecule has 2 aromatic rings. The van der Waals surface area contributed by atoms with Gasteiger partial charge in [0.2, 0.25) is 6.10 Å². The minimum atomic E-state index is -1.17. The molecule has 6 nitrogen and oxygen atoms in total. The molecule has 0 heterocycles. The molecule has 0 saturated heterocycles. The zero-order valence-electron chi connectivity index (χ0n) is 11.3. The van der Waals surface area contributed by atoms with Gasteiger partial charge in [-0.2, -0.15) is 0 Å². The van der Waals surface area contributed by atoms with Gasteiger partial charge in [-0.05, 0) is 40.2 Å². The fourth-order valence-electron chi connectivity index (χ4n) is 1.82. The number of hydrogen-bond acceptors (Lipinski definition) is 3. The van der Waals surface area contributed by atoms with Crippen LogP contribution in [-0.2, 0) is 4.79 Å². The van der Waals surface area contributed by atoms with E-state index in [4.69, 9.17) is 10.5 Å². The van der Waals surface area contributed by atoms with Gasteiger partial charge in [0, 0.05) is 10.0 Å². The summed E-state index contributed by atoms with van der Waals surface area (Å²) >= 11 is 3.26. The van der Waals surface area contributed by atoms with Crippen LogP contribution in [-0.4, -0.2) is 17.1 Å². The van der Waals surface area contributed by atoms with E-state index in [9.17, 15) is 14.7 Å². The Bertz CT molecular complexity index is 691. The molecule has 2 rings (SSSR count). The van der Waals surface area contributed by atoms with Crippen molar-refractivity contribution in [1.29, 1.82) is 0 Å². The molecule has 0 fully saturated rings. The van der Waals surface area contributed by atoms with Gasteiger partial charge < -0.3 is 20.9 Å². The van der Waals surface area contributed by atoms with E-state index in [2.05, 4.69) is 21.2 Å². The lowest BCUT2D eigenvalue weighted by molar-refractivity contribution is -0.145. The molecule has 2 amide bonds. The minimum absolute atomic E-state index is 0.429. The Morgan fingerprint density at radius 2 is 1.86 bits per heavy atom. The first kappa shape index (κ1) is 15.8. The molecule has 1 atom stereocenters. The predicted octanol–water partition coefficient (Wildman–Crippen LogP) is 3.14. The van der Waals surface area contributed by atoms with Gasteiger partial charge >= 0.3 is 12.0 Å². The van der Waals surface area contributed by atoms with E-state index in [1.807, 2.05) is 6.07 Å². The van der Waals surface area contributed by atoms with Crippen molar-refractivity contribution >= 4 is 33.6 Å². The number of rotatable bonds is 5. The van der Waals surface area contributed by atoms with E-state index in [1.54, 1.807) is 42.5 Å². The average molecular weight is 365 g/mol. The number of ether oxygens (including phenoxy) is 1. The van der Waals surface area contributed by atoms with Crippen molar-refractivity contribution < 1.29 is 19.4 Å². The summed E-state index contributed by atoms with van der Waals surface area (Å²) < 4.78 is 6.01. The van der Waals surface area contributed by atoms with E-state index in [0.29, 0.717) is 21.5 Å². The van der Waals surface area contributed by atoms with Crippen molar-refractivity contribution in [3.63, 3.8) is 0 Å². The molecule has 22 heavy (non-hydrogen) atoms. The molecule has 0 radical (unpaired) electrons. The number of carbonyl (C=O) groups is 2. The van der Waals surface area contributed by atoms with Gasteiger partial charge in [-0.15, -0.1) is 0 Å². The molecule has 1 unspecified atom stereocenters. The number of carbonyl (C=O) groups excluding carboxylic acids is 1. The average Bonchev–Trinajstić information content (AvgIpc) is 2.47. The van der Waals surface area contributed by atoms with Crippen LogP contribution in [0.3, 0.4) is 0 Å². The summed E-state index contributed by atoms with van der Waals surface area (Å²) in [5, 5.41) is 11.8.